The van der Waals surface area contributed by atoms with E-state index in [0.29, 0.717) is 25.3 Å². The summed E-state index contributed by atoms with van der Waals surface area (Å²) in [5.41, 5.74) is 8.89. The van der Waals surface area contributed by atoms with Gasteiger partial charge < -0.3 is 16.2 Å². The Balaban J connectivity index is 2.46. The molecular weight excluding hydrogens is 232 g/mol. The highest BCUT2D eigenvalue weighted by molar-refractivity contribution is 5.81. The number of hydrogen-bond donors (Lipinski definition) is 4. The first-order valence-electron chi connectivity index (χ1n) is 6.58. The average Bonchev–Trinajstić information content (AvgIpc) is 2.43. The van der Waals surface area contributed by atoms with E-state index in [2.05, 4.69) is 10.7 Å². The molecule has 18 heavy (non-hydrogen) atoms. The molecule has 3 atom stereocenters. The van der Waals surface area contributed by atoms with Gasteiger partial charge in [-0.3, -0.25) is 10.2 Å². The number of nitrogens with one attached hydrogen (secondary N) is 2. The van der Waals surface area contributed by atoms with Crippen molar-refractivity contribution < 1.29 is 9.90 Å². The predicted octanol–water partition coefficient (Wildman–Crippen LogP) is -0.954. The molecule has 1 fully saturated rings. The van der Waals surface area contributed by atoms with E-state index < -0.39 is 12.1 Å². The molecule has 106 valence electrons. The van der Waals surface area contributed by atoms with Gasteiger partial charge in [-0.2, -0.15) is 0 Å². The summed E-state index contributed by atoms with van der Waals surface area (Å²) in [6, 6.07) is -0.723. The number of amides is 1. The molecule has 0 aliphatic carbocycles. The van der Waals surface area contributed by atoms with Crippen LogP contribution < -0.4 is 16.5 Å². The zero-order valence-corrected chi connectivity index (χ0v) is 11.5. The van der Waals surface area contributed by atoms with Gasteiger partial charge in [0.1, 0.15) is 0 Å². The summed E-state index contributed by atoms with van der Waals surface area (Å²) in [5.74, 6) is 0.218. The van der Waals surface area contributed by atoms with Crippen molar-refractivity contribution in [1.82, 2.24) is 15.8 Å². The van der Waals surface area contributed by atoms with Crippen LogP contribution in [0.15, 0.2) is 0 Å². The average molecular weight is 258 g/mol. The Morgan fingerprint density at radius 1 is 1.61 bits per heavy atom. The number of aliphatic hydroxyl groups excluding tert-OH is 1. The van der Waals surface area contributed by atoms with Gasteiger partial charge in [0.05, 0.1) is 18.2 Å². The number of hydrogen-bond acceptors (Lipinski definition) is 5. The van der Waals surface area contributed by atoms with Gasteiger partial charge in [0.25, 0.3) is 0 Å². The van der Waals surface area contributed by atoms with E-state index in [1.807, 2.05) is 25.9 Å². The molecule has 1 aliphatic rings. The lowest BCUT2D eigenvalue weighted by Gasteiger charge is -2.23. The highest BCUT2D eigenvalue weighted by Gasteiger charge is 2.26. The molecule has 1 rings (SSSR count). The molecule has 5 N–H and O–H groups in total. The summed E-state index contributed by atoms with van der Waals surface area (Å²) in [6.07, 6.45) is 0.794. The van der Waals surface area contributed by atoms with Crippen LogP contribution in [-0.4, -0.2) is 54.3 Å². The van der Waals surface area contributed by atoms with Crippen LogP contribution in [0.4, 0.5) is 0 Å². The fourth-order valence-corrected chi connectivity index (χ4v) is 2.07. The number of hydrazine groups is 1. The fourth-order valence-electron chi connectivity index (χ4n) is 2.07. The molecule has 0 aromatic heterocycles. The number of nitrogens with zero attached hydrogens (tertiary/aromatic N) is 1. The minimum atomic E-state index is -0.579. The molecule has 0 aromatic rings. The minimum Gasteiger partial charge on any atom is -0.390 e. The molecule has 6 nitrogen and oxygen atoms in total. The molecule has 6 heteroatoms. The molecule has 0 spiro atoms. The van der Waals surface area contributed by atoms with Crippen molar-refractivity contribution in [3.8, 4) is 0 Å². The second-order valence-electron chi connectivity index (χ2n) is 5.49. The van der Waals surface area contributed by atoms with Crippen LogP contribution in [0.3, 0.4) is 0 Å². The fraction of sp³-hybridized carbons (Fsp3) is 0.917. The van der Waals surface area contributed by atoms with Gasteiger partial charge >= 0.3 is 0 Å². The van der Waals surface area contributed by atoms with E-state index >= 15 is 0 Å². The second-order valence-corrected chi connectivity index (χ2v) is 5.49. The van der Waals surface area contributed by atoms with Crippen LogP contribution in [0.2, 0.25) is 0 Å². The SMILES string of the molecule is CC(C)CC(N)C(=O)NC1CCN(C)NCC1O. The van der Waals surface area contributed by atoms with Gasteiger partial charge in [0, 0.05) is 20.1 Å². The molecule has 1 aliphatic heterocycles. The number of carbonyl (C=O) groups is 1. The first-order valence-corrected chi connectivity index (χ1v) is 6.58. The van der Waals surface area contributed by atoms with Crippen molar-refractivity contribution in [1.29, 1.82) is 0 Å². The van der Waals surface area contributed by atoms with E-state index in [4.69, 9.17) is 5.73 Å². The van der Waals surface area contributed by atoms with E-state index in [1.165, 1.54) is 0 Å². The first-order chi connectivity index (χ1) is 8.40. The Hall–Kier alpha value is -0.690. The van der Waals surface area contributed by atoms with Crippen LogP contribution >= 0.6 is 0 Å². The summed E-state index contributed by atoms with van der Waals surface area (Å²) in [6.45, 7) is 5.29. The maximum absolute atomic E-state index is 11.9. The Morgan fingerprint density at radius 2 is 2.28 bits per heavy atom. The van der Waals surface area contributed by atoms with Gasteiger partial charge in [-0.05, 0) is 18.8 Å². The van der Waals surface area contributed by atoms with E-state index in [1.54, 1.807) is 0 Å². The molecule has 0 radical (unpaired) electrons. The number of rotatable bonds is 4. The summed E-state index contributed by atoms with van der Waals surface area (Å²) >= 11 is 0. The summed E-state index contributed by atoms with van der Waals surface area (Å²) in [7, 11) is 1.92. The summed E-state index contributed by atoms with van der Waals surface area (Å²) in [4.78, 5) is 11.9. The molecule has 3 unspecified atom stereocenters. The van der Waals surface area contributed by atoms with Crippen LogP contribution in [-0.2, 0) is 4.79 Å². The van der Waals surface area contributed by atoms with Crippen molar-refractivity contribution in [2.45, 2.75) is 44.9 Å². The van der Waals surface area contributed by atoms with E-state index in [0.717, 1.165) is 6.54 Å². The zero-order chi connectivity index (χ0) is 13.7. The predicted molar refractivity (Wildman–Crippen MR) is 70.6 cm³/mol. The quantitative estimate of drug-likeness (QED) is 0.522. The van der Waals surface area contributed by atoms with Crippen molar-refractivity contribution in [2.75, 3.05) is 20.1 Å². The molecule has 0 aromatic carbocycles. The van der Waals surface area contributed by atoms with Gasteiger partial charge in [0.2, 0.25) is 5.91 Å². The molecule has 0 saturated carbocycles. The van der Waals surface area contributed by atoms with Gasteiger partial charge in [-0.1, -0.05) is 13.8 Å². The molecule has 1 amide bonds. The Bertz CT molecular complexity index is 273. The first kappa shape index (κ1) is 15.4. The zero-order valence-electron chi connectivity index (χ0n) is 11.5. The highest BCUT2D eigenvalue weighted by atomic mass is 16.3. The Labute approximate surface area is 109 Å². The van der Waals surface area contributed by atoms with Crippen LogP contribution in [0.5, 0.6) is 0 Å². The molecule has 0 bridgehead atoms. The Kier molecular flexibility index (Phi) is 6.01. The van der Waals surface area contributed by atoms with Crippen molar-refractivity contribution >= 4 is 5.91 Å². The van der Waals surface area contributed by atoms with Gasteiger partial charge in [0.15, 0.2) is 0 Å². The van der Waals surface area contributed by atoms with Crippen molar-refractivity contribution in [3.05, 3.63) is 0 Å². The topological polar surface area (TPSA) is 90.6 Å². The van der Waals surface area contributed by atoms with E-state index in [-0.39, 0.29) is 11.9 Å². The van der Waals surface area contributed by atoms with Gasteiger partial charge in [-0.15, -0.1) is 0 Å². The molecule has 1 saturated heterocycles. The van der Waals surface area contributed by atoms with Gasteiger partial charge in [-0.25, -0.2) is 5.01 Å². The lowest BCUT2D eigenvalue weighted by molar-refractivity contribution is -0.124. The third-order valence-electron chi connectivity index (χ3n) is 3.20. The monoisotopic (exact) mass is 258 g/mol. The largest absolute Gasteiger partial charge is 0.390 e. The molecular formula is C12H26N4O2. The van der Waals surface area contributed by atoms with Crippen LogP contribution in [0, 0.1) is 5.92 Å². The highest BCUT2D eigenvalue weighted by Crippen LogP contribution is 2.07. The summed E-state index contributed by atoms with van der Waals surface area (Å²) in [5, 5.41) is 14.7. The standard InChI is InChI=1S/C12H26N4O2/c1-8(2)6-9(13)12(18)15-10-4-5-16(3)14-7-11(10)17/h8-11,14,17H,4-7,13H2,1-3H3,(H,15,18). The third kappa shape index (κ3) is 4.89. The number of β-amino-alcohol motifs (C(OH)–C–C–N with tert-alkyl or cyclic N) is 1. The Morgan fingerprint density at radius 3 is 2.89 bits per heavy atom. The smallest absolute Gasteiger partial charge is 0.237 e. The minimum absolute atomic E-state index is 0.169. The maximum Gasteiger partial charge on any atom is 0.237 e. The van der Waals surface area contributed by atoms with Crippen molar-refractivity contribution in [3.63, 3.8) is 0 Å². The normalized spacial score (nSPS) is 27.9. The number of nitrogens with two attached hydrogens (primary N) is 1. The lowest BCUT2D eigenvalue weighted by atomic mass is 10.0. The third-order valence-corrected chi connectivity index (χ3v) is 3.20. The van der Waals surface area contributed by atoms with Crippen LogP contribution in [0.1, 0.15) is 26.7 Å². The molecule has 1 heterocycles. The summed E-state index contributed by atoms with van der Waals surface area (Å²) < 4.78 is 0. The van der Waals surface area contributed by atoms with Crippen molar-refractivity contribution in [2.24, 2.45) is 11.7 Å². The second kappa shape index (κ2) is 7.04. The number of aliphatic hydroxyl groups is 1. The van der Waals surface area contributed by atoms with E-state index in [9.17, 15) is 9.90 Å². The lowest BCUT2D eigenvalue weighted by Crippen LogP contribution is -2.51. The number of carbonyl (C=O) groups excluding carboxylic acids is 1. The van der Waals surface area contributed by atoms with Crippen LogP contribution in [0.25, 0.3) is 0 Å². The maximum atomic E-state index is 11.9.